The molecule has 130 valence electrons. The van der Waals surface area contributed by atoms with Gasteiger partial charge in [0.05, 0.1) is 0 Å². The zero-order valence-electron chi connectivity index (χ0n) is 14.3. The lowest BCUT2D eigenvalue weighted by Gasteiger charge is -2.31. The van der Waals surface area contributed by atoms with Crippen molar-refractivity contribution in [2.24, 2.45) is 7.05 Å². The largest absolute Gasteiger partial charge is 0.372 e. The summed E-state index contributed by atoms with van der Waals surface area (Å²) in [6, 6.07) is 1.90. The highest BCUT2D eigenvalue weighted by atomic mass is 16.5. The van der Waals surface area contributed by atoms with Gasteiger partial charge in [-0.15, -0.1) is 10.2 Å². The molecule has 1 fully saturated rings. The van der Waals surface area contributed by atoms with E-state index in [0.29, 0.717) is 19.1 Å². The minimum absolute atomic E-state index is 0.0765. The van der Waals surface area contributed by atoms with Crippen LogP contribution in [-0.2, 0) is 23.1 Å². The third-order valence-corrected chi connectivity index (χ3v) is 4.50. The quantitative estimate of drug-likeness (QED) is 0.782. The van der Waals surface area contributed by atoms with E-state index in [1.165, 1.54) is 0 Å². The minimum atomic E-state index is 0.0765. The van der Waals surface area contributed by atoms with Gasteiger partial charge in [0.25, 0.3) is 0 Å². The zero-order chi connectivity index (χ0) is 16.9. The van der Waals surface area contributed by atoms with E-state index in [4.69, 9.17) is 4.74 Å². The fourth-order valence-electron chi connectivity index (χ4n) is 3.08. The van der Waals surface area contributed by atoms with E-state index in [9.17, 15) is 4.79 Å². The minimum Gasteiger partial charge on any atom is -0.372 e. The first-order valence-electron chi connectivity index (χ1n) is 8.40. The summed E-state index contributed by atoms with van der Waals surface area (Å²) in [5.41, 5.74) is 0. The Morgan fingerprint density at radius 2 is 2.12 bits per heavy atom. The predicted molar refractivity (Wildman–Crippen MR) is 87.4 cm³/mol. The molecule has 2 aromatic rings. The first kappa shape index (κ1) is 16.6. The molecule has 3 heterocycles. The van der Waals surface area contributed by atoms with Crippen molar-refractivity contribution in [3.63, 3.8) is 0 Å². The Hall–Kier alpha value is -2.22. The zero-order valence-corrected chi connectivity index (χ0v) is 14.3. The molecule has 1 saturated heterocycles. The average Bonchev–Trinajstić information content (AvgIpc) is 3.24. The fraction of sp³-hybridized carbons (Fsp3) is 0.625. The normalized spacial score (nSPS) is 15.8. The molecule has 0 radical (unpaired) electrons. The Kier molecular flexibility index (Phi) is 5.24. The van der Waals surface area contributed by atoms with Crippen molar-refractivity contribution in [1.29, 1.82) is 0 Å². The molecule has 1 aliphatic rings. The van der Waals surface area contributed by atoms with E-state index in [1.54, 1.807) is 6.20 Å². The van der Waals surface area contributed by atoms with Gasteiger partial charge in [0.15, 0.2) is 5.82 Å². The summed E-state index contributed by atoms with van der Waals surface area (Å²) in [5, 5.41) is 12.9. The van der Waals surface area contributed by atoms with Gasteiger partial charge in [-0.25, -0.2) is 0 Å². The molecule has 0 atom stereocenters. The Bertz CT molecular complexity index is 658. The SMILES string of the molecule is CCOCC(=O)N1CCC(c2nnc(Cn3cccn3)n2C)CC1. The van der Waals surface area contributed by atoms with E-state index in [2.05, 4.69) is 19.9 Å². The third kappa shape index (κ3) is 3.64. The van der Waals surface area contributed by atoms with Crippen LogP contribution >= 0.6 is 0 Å². The van der Waals surface area contributed by atoms with Crippen molar-refractivity contribution in [1.82, 2.24) is 29.4 Å². The lowest BCUT2D eigenvalue weighted by molar-refractivity contribution is -0.137. The van der Waals surface area contributed by atoms with Crippen molar-refractivity contribution < 1.29 is 9.53 Å². The van der Waals surface area contributed by atoms with Crippen molar-refractivity contribution >= 4 is 5.91 Å². The van der Waals surface area contributed by atoms with Crippen LogP contribution in [0.5, 0.6) is 0 Å². The molecule has 8 nitrogen and oxygen atoms in total. The fourth-order valence-corrected chi connectivity index (χ4v) is 3.08. The second-order valence-corrected chi connectivity index (χ2v) is 6.03. The molecule has 0 spiro atoms. The van der Waals surface area contributed by atoms with E-state index >= 15 is 0 Å². The van der Waals surface area contributed by atoms with Crippen molar-refractivity contribution in [2.75, 3.05) is 26.3 Å². The van der Waals surface area contributed by atoms with E-state index in [-0.39, 0.29) is 12.5 Å². The molecule has 1 aliphatic heterocycles. The lowest BCUT2D eigenvalue weighted by Crippen LogP contribution is -2.40. The van der Waals surface area contributed by atoms with Gasteiger partial charge in [-0.05, 0) is 25.8 Å². The number of hydrogen-bond donors (Lipinski definition) is 0. The Morgan fingerprint density at radius 3 is 2.79 bits per heavy atom. The highest BCUT2D eigenvalue weighted by Crippen LogP contribution is 2.26. The molecule has 2 aromatic heterocycles. The van der Waals surface area contributed by atoms with Crippen LogP contribution in [0.1, 0.15) is 37.3 Å². The molecule has 1 amide bonds. The van der Waals surface area contributed by atoms with Crippen LogP contribution in [0.4, 0.5) is 0 Å². The molecule has 0 N–H and O–H groups in total. The summed E-state index contributed by atoms with van der Waals surface area (Å²) in [6.45, 7) is 4.76. The van der Waals surface area contributed by atoms with Gasteiger partial charge in [-0.2, -0.15) is 5.10 Å². The summed E-state index contributed by atoms with van der Waals surface area (Å²) in [5.74, 6) is 2.30. The van der Waals surface area contributed by atoms with Crippen LogP contribution < -0.4 is 0 Å². The summed E-state index contributed by atoms with van der Waals surface area (Å²) in [4.78, 5) is 13.9. The van der Waals surface area contributed by atoms with Crippen LogP contribution in [0, 0.1) is 0 Å². The molecule has 0 aliphatic carbocycles. The number of carbonyl (C=O) groups is 1. The molecular weight excluding hydrogens is 308 g/mol. The lowest BCUT2D eigenvalue weighted by atomic mass is 9.96. The second-order valence-electron chi connectivity index (χ2n) is 6.03. The first-order chi connectivity index (χ1) is 11.7. The van der Waals surface area contributed by atoms with Gasteiger partial charge in [-0.1, -0.05) is 0 Å². The standard InChI is InChI=1S/C16H24N6O2/c1-3-24-12-15(23)21-9-5-13(6-10-21)16-19-18-14(20(16)2)11-22-8-4-7-17-22/h4,7-8,13H,3,5-6,9-12H2,1-2H3. The highest BCUT2D eigenvalue weighted by molar-refractivity contribution is 5.77. The second kappa shape index (κ2) is 7.57. The van der Waals surface area contributed by atoms with E-state index in [0.717, 1.165) is 37.6 Å². The average molecular weight is 332 g/mol. The van der Waals surface area contributed by atoms with Gasteiger partial charge in [0.1, 0.15) is 19.0 Å². The molecule has 0 saturated carbocycles. The number of rotatable bonds is 6. The maximum Gasteiger partial charge on any atom is 0.248 e. The van der Waals surface area contributed by atoms with Crippen LogP contribution in [0.15, 0.2) is 18.5 Å². The van der Waals surface area contributed by atoms with E-state index < -0.39 is 0 Å². The van der Waals surface area contributed by atoms with Gasteiger partial charge in [0, 0.05) is 45.1 Å². The van der Waals surface area contributed by atoms with Gasteiger partial charge >= 0.3 is 0 Å². The summed E-state index contributed by atoms with van der Waals surface area (Å²) < 4.78 is 9.10. The maximum atomic E-state index is 12.0. The van der Waals surface area contributed by atoms with Crippen molar-refractivity contribution in [3.8, 4) is 0 Å². The van der Waals surface area contributed by atoms with Crippen molar-refractivity contribution in [2.45, 2.75) is 32.2 Å². The smallest absolute Gasteiger partial charge is 0.248 e. The summed E-state index contributed by atoms with van der Waals surface area (Å²) in [7, 11) is 2.00. The number of ether oxygens (including phenoxy) is 1. The number of amides is 1. The number of likely N-dealkylation sites (tertiary alicyclic amines) is 1. The summed E-state index contributed by atoms with van der Waals surface area (Å²) >= 11 is 0. The Balaban J connectivity index is 1.58. The number of piperidine rings is 1. The predicted octanol–water partition coefficient (Wildman–Crippen LogP) is 0.802. The number of aromatic nitrogens is 5. The van der Waals surface area contributed by atoms with Gasteiger partial charge < -0.3 is 14.2 Å². The molecule has 3 rings (SSSR count). The molecule has 0 bridgehead atoms. The monoisotopic (exact) mass is 332 g/mol. The topological polar surface area (TPSA) is 78.1 Å². The molecule has 0 unspecified atom stereocenters. The van der Waals surface area contributed by atoms with Crippen LogP contribution in [0.3, 0.4) is 0 Å². The first-order valence-corrected chi connectivity index (χ1v) is 8.40. The third-order valence-electron chi connectivity index (χ3n) is 4.50. The maximum absolute atomic E-state index is 12.0. The van der Waals surface area contributed by atoms with Crippen molar-refractivity contribution in [3.05, 3.63) is 30.1 Å². The number of nitrogens with zero attached hydrogens (tertiary/aromatic N) is 6. The number of carbonyl (C=O) groups excluding carboxylic acids is 1. The van der Waals surface area contributed by atoms with E-state index in [1.807, 2.05) is 35.8 Å². The molecule has 8 heteroatoms. The van der Waals surface area contributed by atoms with Gasteiger partial charge in [0.2, 0.25) is 5.91 Å². The molecular formula is C16H24N6O2. The Labute approximate surface area is 141 Å². The van der Waals surface area contributed by atoms with Gasteiger partial charge in [-0.3, -0.25) is 9.48 Å². The number of hydrogen-bond acceptors (Lipinski definition) is 5. The van der Waals surface area contributed by atoms with Crippen LogP contribution in [0.25, 0.3) is 0 Å². The van der Waals surface area contributed by atoms with Crippen LogP contribution in [0.2, 0.25) is 0 Å². The molecule has 0 aromatic carbocycles. The van der Waals surface area contributed by atoms with Crippen LogP contribution in [-0.4, -0.2) is 61.7 Å². The molecule has 24 heavy (non-hydrogen) atoms. The summed E-state index contributed by atoms with van der Waals surface area (Å²) in [6.07, 6.45) is 5.49. The Morgan fingerprint density at radius 1 is 1.33 bits per heavy atom. The highest BCUT2D eigenvalue weighted by Gasteiger charge is 2.27.